The van der Waals surface area contributed by atoms with Gasteiger partial charge in [-0.3, -0.25) is 4.98 Å². The van der Waals surface area contributed by atoms with Crippen molar-refractivity contribution in [3.63, 3.8) is 0 Å². The van der Waals surface area contributed by atoms with E-state index in [1.807, 2.05) is 42.9 Å². The summed E-state index contributed by atoms with van der Waals surface area (Å²) in [7, 11) is 0. The molecule has 192 valence electrons. The molecule has 3 aromatic heterocycles. The third-order valence-corrected chi connectivity index (χ3v) is 7.71. The van der Waals surface area contributed by atoms with E-state index in [0.29, 0.717) is 24.6 Å². The van der Waals surface area contributed by atoms with Crippen LogP contribution in [0.1, 0.15) is 63.0 Å². The van der Waals surface area contributed by atoms with E-state index < -0.39 is 0 Å². The van der Waals surface area contributed by atoms with Crippen molar-refractivity contribution in [3.8, 4) is 11.3 Å². The number of hydrogen-bond acceptors (Lipinski definition) is 8. The van der Waals surface area contributed by atoms with Crippen molar-refractivity contribution in [2.75, 3.05) is 16.4 Å². The summed E-state index contributed by atoms with van der Waals surface area (Å²) in [6.07, 6.45) is 12.9. The largest absolute Gasteiger partial charge is 0.398 e. The van der Waals surface area contributed by atoms with Gasteiger partial charge in [0.25, 0.3) is 0 Å². The highest BCUT2D eigenvalue weighted by Gasteiger charge is 2.24. The molecule has 1 aromatic carbocycles. The van der Waals surface area contributed by atoms with Crippen LogP contribution in [0.5, 0.6) is 0 Å². The summed E-state index contributed by atoms with van der Waals surface area (Å²) in [6.45, 7) is 0.577. The number of imidazole rings is 1. The van der Waals surface area contributed by atoms with E-state index in [-0.39, 0.29) is 6.04 Å². The highest BCUT2D eigenvalue weighted by molar-refractivity contribution is 5.84. The molecule has 2 unspecified atom stereocenters. The van der Waals surface area contributed by atoms with Crippen LogP contribution in [0, 0.1) is 0 Å². The number of aromatic nitrogens is 5. The van der Waals surface area contributed by atoms with Crippen LogP contribution in [-0.4, -0.2) is 36.6 Å². The zero-order valence-corrected chi connectivity index (χ0v) is 21.1. The van der Waals surface area contributed by atoms with E-state index in [1.54, 1.807) is 0 Å². The lowest BCUT2D eigenvalue weighted by Gasteiger charge is -2.27. The number of fused-ring (bicyclic) bond motifs is 1. The summed E-state index contributed by atoms with van der Waals surface area (Å²) in [4.78, 5) is 19.2. The van der Waals surface area contributed by atoms with Crippen LogP contribution in [0.4, 0.5) is 17.5 Å². The number of para-hydroxylation sites is 1. The van der Waals surface area contributed by atoms with E-state index in [2.05, 4.69) is 26.3 Å². The van der Waals surface area contributed by atoms with Gasteiger partial charge >= 0.3 is 0 Å². The highest BCUT2D eigenvalue weighted by atomic mass is 15.2. The first kappa shape index (κ1) is 23.7. The number of rotatable bonds is 7. The first-order valence-electron chi connectivity index (χ1n) is 13.4. The van der Waals surface area contributed by atoms with Crippen molar-refractivity contribution >= 4 is 28.6 Å². The van der Waals surface area contributed by atoms with E-state index in [9.17, 15) is 0 Å². The maximum Gasteiger partial charge on any atom is 0.227 e. The maximum absolute atomic E-state index is 6.24. The van der Waals surface area contributed by atoms with Crippen molar-refractivity contribution < 1.29 is 0 Å². The minimum atomic E-state index is 0.235. The second kappa shape index (κ2) is 10.3. The minimum absolute atomic E-state index is 0.235. The Hall–Kier alpha value is -3.72. The van der Waals surface area contributed by atoms with Gasteiger partial charge in [-0.2, -0.15) is 9.97 Å². The SMILES string of the molecule is Nc1ccccc1-c1ccc(CNc2nc(NC3CCCC(N)C3)nc3c2ncn3C2CCCC2)cn1. The average molecular weight is 498 g/mol. The van der Waals surface area contributed by atoms with Gasteiger partial charge in [-0.15, -0.1) is 0 Å². The third-order valence-electron chi connectivity index (χ3n) is 7.71. The molecule has 0 radical (unpaired) electrons. The number of pyridine rings is 1. The Balaban J connectivity index is 1.26. The van der Waals surface area contributed by atoms with Gasteiger partial charge in [0.15, 0.2) is 17.0 Å². The second-order valence-corrected chi connectivity index (χ2v) is 10.4. The van der Waals surface area contributed by atoms with Crippen LogP contribution in [0.25, 0.3) is 22.4 Å². The summed E-state index contributed by atoms with van der Waals surface area (Å²) in [5.41, 5.74) is 17.6. The van der Waals surface area contributed by atoms with Gasteiger partial charge in [-0.1, -0.05) is 37.1 Å². The van der Waals surface area contributed by atoms with Crippen molar-refractivity contribution in [1.29, 1.82) is 0 Å². The molecule has 6 rings (SSSR count). The van der Waals surface area contributed by atoms with Gasteiger partial charge < -0.3 is 26.7 Å². The van der Waals surface area contributed by atoms with Gasteiger partial charge in [-0.05, 0) is 56.2 Å². The Morgan fingerprint density at radius 1 is 0.946 bits per heavy atom. The molecule has 0 amide bonds. The van der Waals surface area contributed by atoms with Gasteiger partial charge in [0.2, 0.25) is 5.95 Å². The lowest BCUT2D eigenvalue weighted by Crippen LogP contribution is -2.35. The summed E-state index contributed by atoms with van der Waals surface area (Å²) in [5.74, 6) is 1.38. The third kappa shape index (κ3) is 5.09. The Labute approximate surface area is 217 Å². The monoisotopic (exact) mass is 497 g/mol. The molecule has 4 aromatic rings. The summed E-state index contributed by atoms with van der Waals surface area (Å²) < 4.78 is 2.24. The molecular weight excluding hydrogens is 462 g/mol. The number of benzene rings is 1. The highest BCUT2D eigenvalue weighted by Crippen LogP contribution is 2.33. The molecule has 2 aliphatic rings. The standard InChI is InChI=1S/C28H35N9/c29-19-6-5-7-20(14-19)34-28-35-26(25-27(36-28)37(17-33-25)21-8-1-2-9-21)32-16-18-12-13-24(31-15-18)22-10-3-4-11-23(22)30/h3-4,10-13,15,17,19-21H,1-2,5-9,14,16,29-30H2,(H2,32,34,35,36). The van der Waals surface area contributed by atoms with Crippen LogP contribution in [0.15, 0.2) is 48.9 Å². The normalized spacial score (nSPS) is 20.4. The molecule has 6 N–H and O–H groups in total. The average Bonchev–Trinajstić information content (AvgIpc) is 3.58. The fourth-order valence-electron chi connectivity index (χ4n) is 5.70. The fourth-order valence-corrected chi connectivity index (χ4v) is 5.70. The van der Waals surface area contributed by atoms with Crippen molar-refractivity contribution in [2.45, 2.75) is 76.0 Å². The Kier molecular flexibility index (Phi) is 6.61. The molecule has 0 bridgehead atoms. The summed E-state index contributed by atoms with van der Waals surface area (Å²) in [5, 5.41) is 7.08. The molecule has 3 heterocycles. The smallest absolute Gasteiger partial charge is 0.227 e. The van der Waals surface area contributed by atoms with Crippen LogP contribution < -0.4 is 22.1 Å². The molecule has 2 saturated carbocycles. The predicted octanol–water partition coefficient (Wildman–Crippen LogP) is 4.88. The van der Waals surface area contributed by atoms with Crippen molar-refractivity contribution in [1.82, 2.24) is 24.5 Å². The van der Waals surface area contributed by atoms with Crippen LogP contribution >= 0.6 is 0 Å². The quantitative estimate of drug-likeness (QED) is 0.266. The zero-order chi connectivity index (χ0) is 25.2. The van der Waals surface area contributed by atoms with Gasteiger partial charge in [0, 0.05) is 42.1 Å². The second-order valence-electron chi connectivity index (χ2n) is 10.4. The molecule has 0 spiro atoms. The number of nitrogen functional groups attached to an aromatic ring is 1. The van der Waals surface area contributed by atoms with E-state index in [4.69, 9.17) is 26.4 Å². The van der Waals surface area contributed by atoms with Crippen molar-refractivity contribution in [3.05, 3.63) is 54.5 Å². The topological polar surface area (TPSA) is 133 Å². The van der Waals surface area contributed by atoms with Crippen molar-refractivity contribution in [2.24, 2.45) is 5.73 Å². The van der Waals surface area contributed by atoms with Gasteiger partial charge in [0.05, 0.1) is 12.0 Å². The number of hydrogen-bond donors (Lipinski definition) is 4. The lowest BCUT2D eigenvalue weighted by molar-refractivity contribution is 0.408. The Bertz CT molecular complexity index is 1360. The Morgan fingerprint density at radius 2 is 1.81 bits per heavy atom. The van der Waals surface area contributed by atoms with E-state index in [1.165, 1.54) is 25.7 Å². The minimum Gasteiger partial charge on any atom is -0.398 e. The van der Waals surface area contributed by atoms with Crippen LogP contribution in [0.3, 0.4) is 0 Å². The van der Waals surface area contributed by atoms with Gasteiger partial charge in [-0.25, -0.2) is 4.98 Å². The van der Waals surface area contributed by atoms with Crippen LogP contribution in [0.2, 0.25) is 0 Å². The molecular formula is C28H35N9. The molecule has 2 aliphatic carbocycles. The predicted molar refractivity (Wildman–Crippen MR) is 148 cm³/mol. The summed E-state index contributed by atoms with van der Waals surface area (Å²) in [6, 6.07) is 12.8. The zero-order valence-electron chi connectivity index (χ0n) is 21.1. The fraction of sp³-hybridized carbons (Fsp3) is 0.429. The Morgan fingerprint density at radius 3 is 2.59 bits per heavy atom. The van der Waals surface area contributed by atoms with Crippen LogP contribution in [-0.2, 0) is 6.54 Å². The first-order valence-corrected chi connectivity index (χ1v) is 13.4. The molecule has 2 atom stereocenters. The lowest BCUT2D eigenvalue weighted by atomic mass is 9.92. The molecule has 0 saturated heterocycles. The molecule has 2 fully saturated rings. The molecule has 9 heteroatoms. The van der Waals surface area contributed by atoms with Gasteiger partial charge in [0.1, 0.15) is 0 Å². The number of nitrogens with one attached hydrogen (secondary N) is 2. The maximum atomic E-state index is 6.24. The number of nitrogens with two attached hydrogens (primary N) is 2. The molecule has 37 heavy (non-hydrogen) atoms. The summed E-state index contributed by atoms with van der Waals surface area (Å²) >= 11 is 0. The van der Waals surface area contributed by atoms with E-state index in [0.717, 1.165) is 65.2 Å². The van der Waals surface area contributed by atoms with E-state index >= 15 is 0 Å². The molecule has 9 nitrogen and oxygen atoms in total. The molecule has 0 aliphatic heterocycles. The number of nitrogens with zero attached hydrogens (tertiary/aromatic N) is 5. The first-order chi connectivity index (χ1) is 18.1. The number of anilines is 3.